The first-order chi connectivity index (χ1) is 7.11. The summed E-state index contributed by atoms with van der Waals surface area (Å²) in [5.41, 5.74) is 1.36. The molecule has 4 heteroatoms. The number of carboxylic acids is 1. The average molecular weight is 207 g/mol. The van der Waals surface area contributed by atoms with E-state index in [1.165, 1.54) is 7.11 Å². The van der Waals surface area contributed by atoms with Crippen molar-refractivity contribution in [2.75, 3.05) is 7.11 Å². The number of hydrogen-bond acceptors (Lipinski definition) is 4. The van der Waals surface area contributed by atoms with Crippen molar-refractivity contribution in [3.63, 3.8) is 0 Å². The number of carboxylic acid groups (broad SMARTS) is 1. The number of methoxy groups -OCH3 is 1. The van der Waals surface area contributed by atoms with Crippen molar-refractivity contribution in [3.8, 4) is 0 Å². The van der Waals surface area contributed by atoms with Gasteiger partial charge in [-0.25, -0.2) is 0 Å². The summed E-state index contributed by atoms with van der Waals surface area (Å²) in [6.07, 6.45) is 0.00635. The monoisotopic (exact) mass is 207 g/mol. The lowest BCUT2D eigenvalue weighted by molar-refractivity contribution is -0.304. The fourth-order valence-corrected chi connectivity index (χ4v) is 1.26. The summed E-state index contributed by atoms with van der Waals surface area (Å²) in [6, 6.07) is 6.79. The molecule has 4 nitrogen and oxygen atoms in total. The van der Waals surface area contributed by atoms with Gasteiger partial charge in [0.25, 0.3) is 0 Å². The van der Waals surface area contributed by atoms with E-state index in [4.69, 9.17) is 0 Å². The molecule has 0 amide bonds. The van der Waals surface area contributed by atoms with E-state index in [0.717, 1.165) is 5.56 Å². The van der Waals surface area contributed by atoms with E-state index in [1.54, 1.807) is 24.3 Å². The maximum atomic E-state index is 11.0. The number of ether oxygens (including phenoxy) is 1. The van der Waals surface area contributed by atoms with Gasteiger partial charge >= 0.3 is 5.97 Å². The van der Waals surface area contributed by atoms with Gasteiger partial charge in [-0.15, -0.1) is 0 Å². The molecule has 1 rings (SSSR count). The van der Waals surface area contributed by atoms with Crippen LogP contribution in [0.2, 0.25) is 0 Å². The van der Waals surface area contributed by atoms with Gasteiger partial charge in [0, 0.05) is 12.4 Å². The highest BCUT2D eigenvalue weighted by Crippen LogP contribution is 2.07. The Morgan fingerprint density at radius 1 is 1.27 bits per heavy atom. The van der Waals surface area contributed by atoms with Crippen molar-refractivity contribution in [1.82, 2.24) is 0 Å². The van der Waals surface area contributed by atoms with E-state index >= 15 is 0 Å². The molecule has 0 bridgehead atoms. The molecule has 1 aromatic carbocycles. The second-order valence-corrected chi connectivity index (χ2v) is 3.12. The van der Waals surface area contributed by atoms with E-state index in [-0.39, 0.29) is 18.8 Å². The van der Waals surface area contributed by atoms with Gasteiger partial charge in [-0.2, -0.15) is 0 Å². The van der Waals surface area contributed by atoms with Crippen molar-refractivity contribution in [2.24, 2.45) is 0 Å². The molecule has 1 aromatic rings. The highest BCUT2D eigenvalue weighted by molar-refractivity contribution is 5.73. The molecule has 80 valence electrons. The van der Waals surface area contributed by atoms with Crippen molar-refractivity contribution in [2.45, 2.75) is 12.8 Å². The molecule has 0 saturated heterocycles. The number of benzene rings is 1. The minimum Gasteiger partial charge on any atom is -0.550 e. The Kier molecular flexibility index (Phi) is 3.85. The second-order valence-electron chi connectivity index (χ2n) is 3.12. The van der Waals surface area contributed by atoms with Crippen LogP contribution in [-0.2, 0) is 27.2 Å². The first-order valence-electron chi connectivity index (χ1n) is 4.46. The van der Waals surface area contributed by atoms with E-state index in [1.807, 2.05) is 0 Å². The van der Waals surface area contributed by atoms with Crippen LogP contribution in [0.5, 0.6) is 0 Å². The molecule has 0 radical (unpaired) electrons. The third kappa shape index (κ3) is 3.81. The zero-order chi connectivity index (χ0) is 11.3. The molecule has 0 fully saturated rings. The predicted octanol–water partition coefficient (Wildman–Crippen LogP) is -0.306. The number of hydrogen-bond donors (Lipinski definition) is 0. The van der Waals surface area contributed by atoms with E-state index in [0.29, 0.717) is 5.56 Å². The Morgan fingerprint density at radius 3 is 2.40 bits per heavy atom. The molecule has 15 heavy (non-hydrogen) atoms. The molecule has 0 aliphatic rings. The molecule has 0 atom stereocenters. The lowest BCUT2D eigenvalue weighted by Crippen LogP contribution is -2.24. The largest absolute Gasteiger partial charge is 0.550 e. The highest BCUT2D eigenvalue weighted by atomic mass is 16.5. The van der Waals surface area contributed by atoms with Crippen LogP contribution >= 0.6 is 0 Å². The Balaban J connectivity index is 2.74. The summed E-state index contributed by atoms with van der Waals surface area (Å²) in [5, 5.41) is 10.4. The third-order valence-corrected chi connectivity index (χ3v) is 1.92. The van der Waals surface area contributed by atoms with Gasteiger partial charge < -0.3 is 14.6 Å². The maximum Gasteiger partial charge on any atom is 0.309 e. The van der Waals surface area contributed by atoms with Gasteiger partial charge in [0.15, 0.2) is 0 Å². The van der Waals surface area contributed by atoms with Gasteiger partial charge in [0.1, 0.15) is 0 Å². The average Bonchev–Trinajstić information content (AvgIpc) is 2.17. The van der Waals surface area contributed by atoms with Gasteiger partial charge in [-0.05, 0) is 11.1 Å². The number of esters is 1. The molecule has 0 heterocycles. The SMILES string of the molecule is COC(=O)Cc1cccc(CC(=O)[O-])c1. The van der Waals surface area contributed by atoms with Crippen LogP contribution in [0.15, 0.2) is 24.3 Å². The van der Waals surface area contributed by atoms with Crippen molar-refractivity contribution in [3.05, 3.63) is 35.4 Å². The number of rotatable bonds is 4. The molecule has 0 aliphatic heterocycles. The van der Waals surface area contributed by atoms with Crippen molar-refractivity contribution >= 4 is 11.9 Å². The topological polar surface area (TPSA) is 66.4 Å². The van der Waals surface area contributed by atoms with Gasteiger partial charge in [-0.1, -0.05) is 24.3 Å². The lowest BCUT2D eigenvalue weighted by atomic mass is 10.1. The predicted molar refractivity (Wildman–Crippen MR) is 50.9 cm³/mol. The normalized spacial score (nSPS) is 9.67. The minimum atomic E-state index is -1.13. The Bertz CT molecular complexity index is 371. The van der Waals surface area contributed by atoms with E-state index in [9.17, 15) is 14.7 Å². The van der Waals surface area contributed by atoms with Crippen LogP contribution in [0.25, 0.3) is 0 Å². The zero-order valence-electron chi connectivity index (χ0n) is 8.36. The summed E-state index contributed by atoms with van der Waals surface area (Å²) in [5.74, 6) is -1.48. The smallest absolute Gasteiger partial charge is 0.309 e. The lowest BCUT2D eigenvalue weighted by Gasteiger charge is -2.05. The number of carbonyl (C=O) groups is 2. The van der Waals surface area contributed by atoms with Crippen LogP contribution < -0.4 is 5.11 Å². The second kappa shape index (κ2) is 5.14. The molecule has 0 spiro atoms. The third-order valence-electron chi connectivity index (χ3n) is 1.92. The molecule has 0 aliphatic carbocycles. The van der Waals surface area contributed by atoms with Gasteiger partial charge in [0.2, 0.25) is 0 Å². The van der Waals surface area contributed by atoms with E-state index < -0.39 is 5.97 Å². The summed E-state index contributed by atoms with van der Waals surface area (Å²) in [6.45, 7) is 0. The molecular formula is C11H11O4-. The fraction of sp³-hybridized carbons (Fsp3) is 0.273. The highest BCUT2D eigenvalue weighted by Gasteiger charge is 2.03. The summed E-state index contributed by atoms with van der Waals surface area (Å²) in [4.78, 5) is 21.3. The number of carbonyl (C=O) groups excluding carboxylic acids is 2. The van der Waals surface area contributed by atoms with Crippen LogP contribution in [0, 0.1) is 0 Å². The molecular weight excluding hydrogens is 196 g/mol. The first-order valence-corrected chi connectivity index (χ1v) is 4.46. The summed E-state index contributed by atoms with van der Waals surface area (Å²) >= 11 is 0. The van der Waals surface area contributed by atoms with Crippen molar-refractivity contribution in [1.29, 1.82) is 0 Å². The van der Waals surface area contributed by atoms with Gasteiger partial charge in [0.05, 0.1) is 13.5 Å². The first kappa shape index (κ1) is 11.2. The quantitative estimate of drug-likeness (QED) is 0.635. The van der Waals surface area contributed by atoms with Crippen molar-refractivity contribution < 1.29 is 19.4 Å². The summed E-state index contributed by atoms with van der Waals surface area (Å²) in [7, 11) is 1.31. The summed E-state index contributed by atoms with van der Waals surface area (Å²) < 4.78 is 4.51. The maximum absolute atomic E-state index is 11.0. The molecule has 0 unspecified atom stereocenters. The van der Waals surface area contributed by atoms with Crippen LogP contribution in [0.3, 0.4) is 0 Å². The van der Waals surface area contributed by atoms with E-state index in [2.05, 4.69) is 4.74 Å². The molecule has 0 aromatic heterocycles. The minimum absolute atomic E-state index is 0.144. The zero-order valence-corrected chi connectivity index (χ0v) is 8.36. The Hall–Kier alpha value is -1.84. The molecule has 0 saturated carbocycles. The van der Waals surface area contributed by atoms with Gasteiger partial charge in [-0.3, -0.25) is 4.79 Å². The Labute approximate surface area is 87.5 Å². The van der Waals surface area contributed by atoms with Crippen LogP contribution in [0.1, 0.15) is 11.1 Å². The Morgan fingerprint density at radius 2 is 1.87 bits per heavy atom. The van der Waals surface area contributed by atoms with Crippen LogP contribution in [-0.4, -0.2) is 19.0 Å². The standard InChI is InChI=1S/C11H12O4/c1-15-11(14)7-9-4-2-3-8(5-9)6-10(12)13/h2-5H,6-7H2,1H3,(H,12,13)/p-1. The number of aliphatic carboxylic acids is 1. The van der Waals surface area contributed by atoms with Crippen LogP contribution in [0.4, 0.5) is 0 Å². The molecule has 0 N–H and O–H groups in total. The fourth-order valence-electron chi connectivity index (χ4n) is 1.26.